The largest absolute Gasteiger partial charge is 0.352 e. The summed E-state index contributed by atoms with van der Waals surface area (Å²) in [6.45, 7) is 8.78. The SMILES string of the molecule is C=CCNC(=O)CNC(CC)CCC. The van der Waals surface area contributed by atoms with E-state index in [1.54, 1.807) is 6.08 Å². The molecule has 1 unspecified atom stereocenters. The van der Waals surface area contributed by atoms with Gasteiger partial charge in [-0.1, -0.05) is 26.3 Å². The fraction of sp³-hybridized carbons (Fsp3) is 0.727. The molecule has 0 bridgehead atoms. The molecule has 82 valence electrons. The van der Waals surface area contributed by atoms with E-state index in [1.165, 1.54) is 0 Å². The minimum absolute atomic E-state index is 0.0412. The monoisotopic (exact) mass is 198 g/mol. The van der Waals surface area contributed by atoms with Crippen LogP contribution >= 0.6 is 0 Å². The number of hydrogen-bond donors (Lipinski definition) is 2. The van der Waals surface area contributed by atoms with Crippen LogP contribution in [0, 0.1) is 0 Å². The predicted octanol–water partition coefficient (Wildman–Crippen LogP) is 1.46. The third-order valence-corrected chi connectivity index (χ3v) is 2.12. The van der Waals surface area contributed by atoms with Crippen molar-refractivity contribution >= 4 is 5.91 Å². The van der Waals surface area contributed by atoms with E-state index >= 15 is 0 Å². The lowest BCUT2D eigenvalue weighted by atomic mass is 10.1. The summed E-state index contributed by atoms with van der Waals surface area (Å²) in [4.78, 5) is 11.2. The van der Waals surface area contributed by atoms with Gasteiger partial charge in [0.1, 0.15) is 0 Å². The maximum absolute atomic E-state index is 11.2. The fourth-order valence-corrected chi connectivity index (χ4v) is 1.28. The summed E-state index contributed by atoms with van der Waals surface area (Å²) in [6, 6.07) is 0.467. The van der Waals surface area contributed by atoms with Crippen molar-refractivity contribution in [1.82, 2.24) is 10.6 Å². The van der Waals surface area contributed by atoms with Gasteiger partial charge in [-0.3, -0.25) is 4.79 Å². The molecule has 2 N–H and O–H groups in total. The highest BCUT2D eigenvalue weighted by Crippen LogP contribution is 1.99. The van der Waals surface area contributed by atoms with Gasteiger partial charge in [-0.05, 0) is 12.8 Å². The summed E-state index contributed by atoms with van der Waals surface area (Å²) in [5.41, 5.74) is 0. The summed E-state index contributed by atoms with van der Waals surface area (Å²) < 4.78 is 0. The van der Waals surface area contributed by atoms with Gasteiger partial charge in [0.25, 0.3) is 0 Å². The second kappa shape index (κ2) is 8.75. The zero-order valence-corrected chi connectivity index (χ0v) is 9.31. The topological polar surface area (TPSA) is 41.1 Å². The minimum atomic E-state index is 0.0412. The maximum atomic E-state index is 11.2. The second-order valence-corrected chi connectivity index (χ2v) is 3.37. The Kier molecular flexibility index (Phi) is 8.24. The van der Waals surface area contributed by atoms with Crippen LogP contribution in [0.3, 0.4) is 0 Å². The van der Waals surface area contributed by atoms with E-state index in [-0.39, 0.29) is 5.91 Å². The lowest BCUT2D eigenvalue weighted by molar-refractivity contribution is -0.120. The van der Waals surface area contributed by atoms with Crippen molar-refractivity contribution in [2.45, 2.75) is 39.2 Å². The predicted molar refractivity (Wildman–Crippen MR) is 60.2 cm³/mol. The minimum Gasteiger partial charge on any atom is -0.352 e. The first-order valence-electron chi connectivity index (χ1n) is 5.35. The van der Waals surface area contributed by atoms with E-state index in [0.29, 0.717) is 19.1 Å². The molecule has 0 radical (unpaired) electrons. The molecular formula is C11H22N2O. The van der Waals surface area contributed by atoms with Crippen molar-refractivity contribution in [1.29, 1.82) is 0 Å². The van der Waals surface area contributed by atoms with Gasteiger partial charge in [-0.25, -0.2) is 0 Å². The zero-order valence-electron chi connectivity index (χ0n) is 9.31. The molecule has 0 fully saturated rings. The average Bonchev–Trinajstić information content (AvgIpc) is 2.21. The number of amides is 1. The molecule has 3 nitrogen and oxygen atoms in total. The molecule has 0 rings (SSSR count). The Morgan fingerprint density at radius 1 is 1.50 bits per heavy atom. The number of carbonyl (C=O) groups excluding carboxylic acids is 1. The first kappa shape index (κ1) is 13.2. The molecule has 0 aliphatic rings. The molecule has 0 aromatic heterocycles. The molecule has 0 aromatic carbocycles. The fourth-order valence-electron chi connectivity index (χ4n) is 1.28. The van der Waals surface area contributed by atoms with Gasteiger partial charge in [0.05, 0.1) is 6.54 Å². The van der Waals surface area contributed by atoms with Gasteiger partial charge < -0.3 is 10.6 Å². The summed E-state index contributed by atoms with van der Waals surface area (Å²) in [5.74, 6) is 0.0412. The average molecular weight is 198 g/mol. The van der Waals surface area contributed by atoms with E-state index in [4.69, 9.17) is 0 Å². The van der Waals surface area contributed by atoms with Gasteiger partial charge in [-0.15, -0.1) is 6.58 Å². The Morgan fingerprint density at radius 3 is 2.71 bits per heavy atom. The first-order valence-corrected chi connectivity index (χ1v) is 5.35. The van der Waals surface area contributed by atoms with Crippen LogP contribution < -0.4 is 10.6 Å². The van der Waals surface area contributed by atoms with Crippen molar-refractivity contribution in [3.05, 3.63) is 12.7 Å². The molecule has 0 aliphatic heterocycles. The lowest BCUT2D eigenvalue weighted by Gasteiger charge is -2.15. The second-order valence-electron chi connectivity index (χ2n) is 3.37. The van der Waals surface area contributed by atoms with E-state index in [1.807, 2.05) is 0 Å². The molecule has 1 amide bonds. The lowest BCUT2D eigenvalue weighted by Crippen LogP contribution is -2.38. The molecule has 0 spiro atoms. The molecule has 0 saturated heterocycles. The Morgan fingerprint density at radius 2 is 2.21 bits per heavy atom. The van der Waals surface area contributed by atoms with Crippen LogP contribution in [-0.2, 0) is 4.79 Å². The van der Waals surface area contributed by atoms with Crippen LogP contribution in [0.5, 0.6) is 0 Å². The van der Waals surface area contributed by atoms with Gasteiger partial charge in [0, 0.05) is 12.6 Å². The molecular weight excluding hydrogens is 176 g/mol. The number of nitrogens with one attached hydrogen (secondary N) is 2. The molecule has 0 heterocycles. The summed E-state index contributed by atoms with van der Waals surface area (Å²) in [5, 5.41) is 5.97. The number of carbonyl (C=O) groups is 1. The number of hydrogen-bond acceptors (Lipinski definition) is 2. The van der Waals surface area contributed by atoms with Crippen LogP contribution in [0.2, 0.25) is 0 Å². The van der Waals surface area contributed by atoms with Crippen LogP contribution in [0.15, 0.2) is 12.7 Å². The van der Waals surface area contributed by atoms with Crippen molar-refractivity contribution in [3.8, 4) is 0 Å². The van der Waals surface area contributed by atoms with Crippen molar-refractivity contribution in [3.63, 3.8) is 0 Å². The maximum Gasteiger partial charge on any atom is 0.234 e. The van der Waals surface area contributed by atoms with Gasteiger partial charge >= 0.3 is 0 Å². The Balaban J connectivity index is 3.56. The Labute approximate surface area is 87.0 Å². The standard InChI is InChI=1S/C11H22N2O/c1-4-7-10(6-3)13-9-11(14)12-8-5-2/h5,10,13H,2,4,6-9H2,1,3H3,(H,12,14). The quantitative estimate of drug-likeness (QED) is 0.580. The molecule has 0 saturated carbocycles. The zero-order chi connectivity index (χ0) is 10.8. The van der Waals surface area contributed by atoms with Crippen LogP contribution in [-0.4, -0.2) is 25.0 Å². The van der Waals surface area contributed by atoms with Crippen LogP contribution in [0.1, 0.15) is 33.1 Å². The van der Waals surface area contributed by atoms with E-state index in [9.17, 15) is 4.79 Å². The highest BCUT2D eigenvalue weighted by molar-refractivity contribution is 5.78. The first-order chi connectivity index (χ1) is 6.74. The van der Waals surface area contributed by atoms with Gasteiger partial charge in [-0.2, -0.15) is 0 Å². The Bertz CT molecular complexity index is 169. The van der Waals surface area contributed by atoms with Gasteiger partial charge in [0.2, 0.25) is 5.91 Å². The Hall–Kier alpha value is -0.830. The van der Waals surface area contributed by atoms with Crippen molar-refractivity contribution in [2.75, 3.05) is 13.1 Å². The third kappa shape index (κ3) is 6.66. The summed E-state index contributed by atoms with van der Waals surface area (Å²) >= 11 is 0. The van der Waals surface area contributed by atoms with E-state index in [2.05, 4.69) is 31.1 Å². The normalized spacial score (nSPS) is 12.1. The van der Waals surface area contributed by atoms with E-state index in [0.717, 1.165) is 19.3 Å². The van der Waals surface area contributed by atoms with Crippen LogP contribution in [0.4, 0.5) is 0 Å². The summed E-state index contributed by atoms with van der Waals surface area (Å²) in [7, 11) is 0. The molecule has 1 atom stereocenters. The number of rotatable bonds is 8. The molecule has 3 heteroatoms. The van der Waals surface area contributed by atoms with E-state index < -0.39 is 0 Å². The molecule has 14 heavy (non-hydrogen) atoms. The molecule has 0 aliphatic carbocycles. The van der Waals surface area contributed by atoms with Crippen molar-refractivity contribution < 1.29 is 4.79 Å². The summed E-state index contributed by atoms with van der Waals surface area (Å²) in [6.07, 6.45) is 5.04. The molecule has 0 aromatic rings. The highest BCUT2D eigenvalue weighted by atomic mass is 16.1. The highest BCUT2D eigenvalue weighted by Gasteiger charge is 2.06. The van der Waals surface area contributed by atoms with Gasteiger partial charge in [0.15, 0.2) is 0 Å². The third-order valence-electron chi connectivity index (χ3n) is 2.12. The van der Waals surface area contributed by atoms with Crippen LogP contribution in [0.25, 0.3) is 0 Å². The van der Waals surface area contributed by atoms with Crippen molar-refractivity contribution in [2.24, 2.45) is 0 Å². The smallest absolute Gasteiger partial charge is 0.234 e.